The van der Waals surface area contributed by atoms with Gasteiger partial charge in [-0.2, -0.15) is 11.8 Å². The second-order valence-electron chi connectivity index (χ2n) is 5.07. The van der Waals surface area contributed by atoms with Crippen molar-refractivity contribution in [1.82, 2.24) is 0 Å². The van der Waals surface area contributed by atoms with Gasteiger partial charge in [0, 0.05) is 23.0 Å². The molecule has 0 aliphatic heterocycles. The molecule has 0 saturated heterocycles. The molecule has 0 atom stereocenters. The molecule has 0 spiro atoms. The molecule has 0 N–H and O–H groups in total. The lowest BCUT2D eigenvalue weighted by molar-refractivity contribution is 0.559. The van der Waals surface area contributed by atoms with Crippen LogP contribution in [0.15, 0.2) is 63.8 Å². The van der Waals surface area contributed by atoms with E-state index in [0.29, 0.717) is 5.58 Å². The van der Waals surface area contributed by atoms with Gasteiger partial charge in [0.2, 0.25) is 0 Å². The van der Waals surface area contributed by atoms with Crippen molar-refractivity contribution in [3.63, 3.8) is 0 Å². The summed E-state index contributed by atoms with van der Waals surface area (Å²) in [5.41, 5.74) is 3.84. The topological polar surface area (TPSA) is 30.2 Å². The van der Waals surface area contributed by atoms with Crippen molar-refractivity contribution in [1.29, 1.82) is 0 Å². The van der Waals surface area contributed by atoms with Crippen LogP contribution in [0.4, 0.5) is 0 Å². The van der Waals surface area contributed by atoms with Gasteiger partial charge in [0.25, 0.3) is 0 Å². The summed E-state index contributed by atoms with van der Waals surface area (Å²) in [6, 6.07) is 18.0. The summed E-state index contributed by atoms with van der Waals surface area (Å²) in [5, 5.41) is 1.03. The Morgan fingerprint density at radius 3 is 2.62 bits per heavy atom. The summed E-state index contributed by atoms with van der Waals surface area (Å²) < 4.78 is 5.28. The molecule has 21 heavy (non-hydrogen) atoms. The number of rotatable bonds is 4. The normalized spacial score (nSPS) is 10.9. The molecule has 1 aromatic heterocycles. The van der Waals surface area contributed by atoms with E-state index in [2.05, 4.69) is 12.1 Å². The lowest BCUT2D eigenvalue weighted by Gasteiger charge is -2.06. The maximum Gasteiger partial charge on any atom is 0.336 e. The van der Waals surface area contributed by atoms with Gasteiger partial charge in [0.05, 0.1) is 0 Å². The Labute approximate surface area is 127 Å². The molecule has 0 radical (unpaired) electrons. The fraction of sp³-hybridized carbons (Fsp3) is 0.167. The van der Waals surface area contributed by atoms with E-state index in [-0.39, 0.29) is 5.63 Å². The molecule has 2 nitrogen and oxygen atoms in total. The summed E-state index contributed by atoms with van der Waals surface area (Å²) in [7, 11) is 0. The summed E-state index contributed by atoms with van der Waals surface area (Å²) in [6.45, 7) is 2.00. The smallest absolute Gasteiger partial charge is 0.336 e. The third-order valence-corrected chi connectivity index (χ3v) is 4.41. The highest BCUT2D eigenvalue weighted by Crippen LogP contribution is 2.24. The molecule has 0 fully saturated rings. The maximum absolute atomic E-state index is 11.7. The number of thioether (sulfide) groups is 1. The van der Waals surface area contributed by atoms with Crippen LogP contribution < -0.4 is 5.63 Å². The van der Waals surface area contributed by atoms with Gasteiger partial charge in [0.1, 0.15) is 5.58 Å². The van der Waals surface area contributed by atoms with Gasteiger partial charge < -0.3 is 4.42 Å². The van der Waals surface area contributed by atoms with E-state index in [4.69, 9.17) is 4.42 Å². The van der Waals surface area contributed by atoms with Gasteiger partial charge in [0.15, 0.2) is 0 Å². The number of aryl methyl sites for hydroxylation is 1. The molecule has 0 amide bonds. The average molecular weight is 296 g/mol. The van der Waals surface area contributed by atoms with Crippen molar-refractivity contribution in [2.75, 3.05) is 0 Å². The van der Waals surface area contributed by atoms with Crippen molar-refractivity contribution >= 4 is 22.7 Å². The molecular weight excluding hydrogens is 280 g/mol. The first-order chi connectivity index (χ1) is 10.2. The van der Waals surface area contributed by atoms with Gasteiger partial charge in [-0.1, -0.05) is 42.5 Å². The Morgan fingerprint density at radius 2 is 1.81 bits per heavy atom. The van der Waals surface area contributed by atoms with Crippen molar-refractivity contribution in [3.8, 4) is 0 Å². The number of fused-ring (bicyclic) bond motifs is 1. The molecule has 0 bridgehead atoms. The molecule has 0 aliphatic rings. The van der Waals surface area contributed by atoms with Crippen LogP contribution in [0, 0.1) is 6.92 Å². The van der Waals surface area contributed by atoms with Gasteiger partial charge in [-0.05, 0) is 29.7 Å². The van der Waals surface area contributed by atoms with Crippen molar-refractivity contribution < 1.29 is 4.42 Å². The van der Waals surface area contributed by atoms with Gasteiger partial charge in [-0.25, -0.2) is 4.79 Å². The van der Waals surface area contributed by atoms with Crippen LogP contribution in [-0.2, 0) is 11.5 Å². The first kappa shape index (κ1) is 14.0. The predicted octanol–water partition coefficient (Wildman–Crippen LogP) is 4.53. The minimum absolute atomic E-state index is 0.275. The molecule has 2 aromatic carbocycles. The number of hydrogen-bond acceptors (Lipinski definition) is 3. The van der Waals surface area contributed by atoms with E-state index in [1.807, 2.05) is 43.3 Å². The zero-order valence-electron chi connectivity index (χ0n) is 11.8. The van der Waals surface area contributed by atoms with E-state index >= 15 is 0 Å². The Bertz CT molecular complexity index is 806. The number of hydrogen-bond donors (Lipinski definition) is 0. The molecule has 106 valence electrons. The van der Waals surface area contributed by atoms with Crippen LogP contribution in [0.1, 0.15) is 16.7 Å². The summed E-state index contributed by atoms with van der Waals surface area (Å²) >= 11 is 1.81. The second kappa shape index (κ2) is 6.19. The summed E-state index contributed by atoms with van der Waals surface area (Å²) in [5.74, 6) is 1.74. The van der Waals surface area contributed by atoms with Crippen LogP contribution in [0.5, 0.6) is 0 Å². The molecular formula is C18H16O2S. The van der Waals surface area contributed by atoms with Crippen molar-refractivity contribution in [2.24, 2.45) is 0 Å². The first-order valence-electron chi connectivity index (χ1n) is 6.87. The highest BCUT2D eigenvalue weighted by Gasteiger charge is 2.06. The zero-order chi connectivity index (χ0) is 14.7. The minimum atomic E-state index is -0.275. The fourth-order valence-electron chi connectivity index (χ4n) is 2.31. The monoisotopic (exact) mass is 296 g/mol. The quantitative estimate of drug-likeness (QED) is 0.662. The van der Waals surface area contributed by atoms with Crippen LogP contribution in [0.3, 0.4) is 0 Å². The lowest BCUT2D eigenvalue weighted by Crippen LogP contribution is -2.00. The lowest BCUT2D eigenvalue weighted by atomic mass is 10.1. The van der Waals surface area contributed by atoms with Crippen LogP contribution in [0.2, 0.25) is 0 Å². The highest BCUT2D eigenvalue weighted by molar-refractivity contribution is 7.97. The largest absolute Gasteiger partial charge is 0.423 e. The zero-order valence-corrected chi connectivity index (χ0v) is 12.7. The molecule has 1 heterocycles. The van der Waals surface area contributed by atoms with E-state index in [9.17, 15) is 4.79 Å². The molecule has 0 unspecified atom stereocenters. The highest BCUT2D eigenvalue weighted by atomic mass is 32.2. The first-order valence-corrected chi connectivity index (χ1v) is 8.03. The van der Waals surface area contributed by atoms with Gasteiger partial charge in [-0.15, -0.1) is 0 Å². The SMILES string of the molecule is Cc1ccc2c(CSCc3ccccc3)cc(=O)oc2c1. The third kappa shape index (κ3) is 3.37. The average Bonchev–Trinajstić information content (AvgIpc) is 2.47. The van der Waals surface area contributed by atoms with Gasteiger partial charge in [-0.3, -0.25) is 0 Å². The van der Waals surface area contributed by atoms with Gasteiger partial charge >= 0.3 is 5.63 Å². The third-order valence-electron chi connectivity index (χ3n) is 3.35. The number of benzene rings is 2. The molecule has 0 aliphatic carbocycles. The Balaban J connectivity index is 1.82. The minimum Gasteiger partial charge on any atom is -0.423 e. The van der Waals surface area contributed by atoms with Crippen LogP contribution in [0.25, 0.3) is 11.0 Å². The van der Waals surface area contributed by atoms with E-state index in [1.54, 1.807) is 17.8 Å². The fourth-order valence-corrected chi connectivity index (χ4v) is 3.30. The summed E-state index contributed by atoms with van der Waals surface area (Å²) in [4.78, 5) is 11.7. The predicted molar refractivity (Wildman–Crippen MR) is 88.7 cm³/mol. The maximum atomic E-state index is 11.7. The molecule has 0 saturated carbocycles. The second-order valence-corrected chi connectivity index (χ2v) is 6.05. The van der Waals surface area contributed by atoms with Crippen molar-refractivity contribution in [3.05, 3.63) is 81.7 Å². The van der Waals surface area contributed by atoms with Crippen molar-refractivity contribution in [2.45, 2.75) is 18.4 Å². The molecule has 3 rings (SSSR count). The molecule has 3 aromatic rings. The Hall–Kier alpha value is -2.00. The van der Waals surface area contributed by atoms with E-state index < -0.39 is 0 Å². The Morgan fingerprint density at radius 1 is 1.00 bits per heavy atom. The molecule has 3 heteroatoms. The van der Waals surface area contributed by atoms with Crippen LogP contribution >= 0.6 is 11.8 Å². The Kier molecular flexibility index (Phi) is 4.11. The van der Waals surface area contributed by atoms with Crippen LogP contribution in [-0.4, -0.2) is 0 Å². The van der Waals surface area contributed by atoms with E-state index in [0.717, 1.165) is 28.0 Å². The standard InChI is InChI=1S/C18H16O2S/c1-13-7-8-16-15(10-18(19)20-17(16)9-13)12-21-11-14-5-3-2-4-6-14/h2-10H,11-12H2,1H3. The van der Waals surface area contributed by atoms with E-state index in [1.165, 1.54) is 5.56 Å². The summed E-state index contributed by atoms with van der Waals surface area (Å²) in [6.07, 6.45) is 0.